The molecule has 1 saturated carbocycles. The van der Waals surface area contributed by atoms with Gasteiger partial charge in [0.25, 0.3) is 0 Å². The molecule has 6 atom stereocenters. The molecule has 0 N–H and O–H groups in total. The molecule has 2 fully saturated rings. The first kappa shape index (κ1) is 50.4. The Kier molecular flexibility index (Phi) is 25.0. The lowest BCUT2D eigenvalue weighted by Gasteiger charge is -2.48. The summed E-state index contributed by atoms with van der Waals surface area (Å²) in [6, 6.07) is 1.34. The van der Waals surface area contributed by atoms with Crippen LogP contribution in [-0.2, 0) is 13.9 Å². The second kappa shape index (κ2) is 23.8. The van der Waals surface area contributed by atoms with Gasteiger partial charge < -0.3 is 13.9 Å². The van der Waals surface area contributed by atoms with Crippen molar-refractivity contribution in [2.24, 2.45) is 16.7 Å². The van der Waals surface area contributed by atoms with Crippen LogP contribution in [0.15, 0.2) is 0 Å². The third-order valence-electron chi connectivity index (χ3n) is 10.1. The van der Waals surface area contributed by atoms with E-state index in [1.165, 1.54) is 83.1 Å². The van der Waals surface area contributed by atoms with E-state index in [0.29, 0.717) is 17.6 Å². The monoisotopic (exact) mass is 715 g/mol. The minimum atomic E-state index is -1.66. The predicted molar refractivity (Wildman–Crippen MR) is 224 cm³/mol. The molecule has 1 heterocycles. The molecule has 5 heteroatoms. The van der Waals surface area contributed by atoms with Crippen LogP contribution in [-0.4, -0.2) is 46.9 Å². The van der Waals surface area contributed by atoms with E-state index in [9.17, 15) is 0 Å². The fourth-order valence-corrected chi connectivity index (χ4v) is 13.2. The molecule has 0 aromatic carbocycles. The lowest BCUT2D eigenvalue weighted by atomic mass is 9.65. The van der Waals surface area contributed by atoms with Crippen molar-refractivity contribution in [1.82, 2.24) is 0 Å². The molecule has 0 amide bonds. The van der Waals surface area contributed by atoms with E-state index in [1.54, 1.807) is 0 Å². The number of hydrogen-bond donors (Lipinski definition) is 0. The molecule has 48 heavy (non-hydrogen) atoms. The SMILES string of the molecule is CCCC.CCCC.CCCC.CCCC(C)(CC(C)(CCC1CCC2OC2C1)CC(C)(CC(C)(C)C[Si](C)(C)C)OC)O[Si](C)(C)C. The van der Waals surface area contributed by atoms with Crippen LogP contribution in [0.2, 0.25) is 45.3 Å². The van der Waals surface area contributed by atoms with Gasteiger partial charge in [0.05, 0.1) is 23.4 Å². The van der Waals surface area contributed by atoms with Gasteiger partial charge in [-0.2, -0.15) is 0 Å². The van der Waals surface area contributed by atoms with Gasteiger partial charge in [-0.05, 0) is 108 Å². The van der Waals surface area contributed by atoms with E-state index in [4.69, 9.17) is 13.9 Å². The average Bonchev–Trinajstić information content (AvgIpc) is 3.72. The summed E-state index contributed by atoms with van der Waals surface area (Å²) >= 11 is 0. The Morgan fingerprint density at radius 2 is 1.08 bits per heavy atom. The number of epoxide rings is 1. The van der Waals surface area contributed by atoms with Crippen LogP contribution in [0.1, 0.15) is 186 Å². The molecule has 0 aromatic rings. The molecule has 1 aliphatic carbocycles. The van der Waals surface area contributed by atoms with E-state index in [1.807, 2.05) is 7.11 Å². The summed E-state index contributed by atoms with van der Waals surface area (Å²) in [5.74, 6) is 0.820. The molecule has 0 spiro atoms. The van der Waals surface area contributed by atoms with Gasteiger partial charge in [-0.3, -0.25) is 0 Å². The molecule has 6 unspecified atom stereocenters. The van der Waals surface area contributed by atoms with E-state index in [0.717, 1.165) is 31.6 Å². The lowest BCUT2D eigenvalue weighted by Crippen LogP contribution is -2.47. The number of unbranched alkanes of at least 4 members (excludes halogenated alkanes) is 3. The summed E-state index contributed by atoms with van der Waals surface area (Å²) in [5, 5.41) is 0. The van der Waals surface area contributed by atoms with Crippen LogP contribution in [0.25, 0.3) is 0 Å². The highest BCUT2D eigenvalue weighted by Gasteiger charge is 2.47. The maximum Gasteiger partial charge on any atom is 0.184 e. The van der Waals surface area contributed by atoms with Gasteiger partial charge in [-0.25, -0.2) is 0 Å². The second-order valence-electron chi connectivity index (χ2n) is 19.7. The number of rotatable bonds is 19. The Balaban J connectivity index is 0. The quantitative estimate of drug-likeness (QED) is 0.0986. The Labute approximate surface area is 307 Å². The van der Waals surface area contributed by atoms with Crippen LogP contribution in [0.5, 0.6) is 0 Å². The van der Waals surface area contributed by atoms with Crippen LogP contribution >= 0.6 is 0 Å². The molecule has 2 aliphatic rings. The summed E-state index contributed by atoms with van der Waals surface area (Å²) < 4.78 is 19.3. The van der Waals surface area contributed by atoms with Crippen molar-refractivity contribution in [2.75, 3.05) is 7.11 Å². The third-order valence-corrected chi connectivity index (χ3v) is 13.2. The minimum absolute atomic E-state index is 0.0618. The van der Waals surface area contributed by atoms with Crippen molar-refractivity contribution >= 4 is 16.4 Å². The predicted octanol–water partition coefficient (Wildman–Crippen LogP) is 15.1. The van der Waals surface area contributed by atoms with Crippen molar-refractivity contribution in [3.05, 3.63) is 0 Å². The van der Waals surface area contributed by atoms with Gasteiger partial charge in [0.15, 0.2) is 8.32 Å². The molecular weight excluding hydrogens is 621 g/mol. The van der Waals surface area contributed by atoms with E-state index in [-0.39, 0.29) is 16.6 Å². The summed E-state index contributed by atoms with van der Waals surface area (Å²) in [6.45, 7) is 42.3. The van der Waals surface area contributed by atoms with Crippen molar-refractivity contribution in [3.8, 4) is 0 Å². The Hall–Kier alpha value is 0.314. The highest BCUT2D eigenvalue weighted by molar-refractivity contribution is 6.76. The Morgan fingerprint density at radius 3 is 1.46 bits per heavy atom. The van der Waals surface area contributed by atoms with Crippen molar-refractivity contribution in [3.63, 3.8) is 0 Å². The third kappa shape index (κ3) is 25.3. The van der Waals surface area contributed by atoms with E-state index < -0.39 is 16.4 Å². The molecule has 0 bridgehead atoms. The molecule has 2 rings (SSSR count). The molecule has 1 aliphatic heterocycles. The Morgan fingerprint density at radius 1 is 0.604 bits per heavy atom. The fourth-order valence-electron chi connectivity index (χ4n) is 8.51. The first-order valence-corrected chi connectivity index (χ1v) is 28.0. The van der Waals surface area contributed by atoms with Gasteiger partial charge in [0.1, 0.15) is 0 Å². The van der Waals surface area contributed by atoms with Crippen LogP contribution in [0.4, 0.5) is 0 Å². The highest BCUT2D eigenvalue weighted by Crippen LogP contribution is 2.50. The second-order valence-corrected chi connectivity index (χ2v) is 29.6. The lowest BCUT2D eigenvalue weighted by molar-refractivity contribution is -0.0774. The zero-order valence-corrected chi connectivity index (χ0v) is 39.0. The first-order chi connectivity index (χ1) is 21.9. The van der Waals surface area contributed by atoms with Gasteiger partial charge in [0.2, 0.25) is 0 Å². The zero-order chi connectivity index (χ0) is 37.9. The molecular formula is C43H94O3Si2. The molecule has 3 nitrogen and oxygen atoms in total. The number of fused-ring (bicyclic) bond motifs is 1. The summed E-state index contributed by atoms with van der Waals surface area (Å²) in [7, 11) is -0.867. The molecule has 292 valence electrons. The van der Waals surface area contributed by atoms with Crippen LogP contribution in [0.3, 0.4) is 0 Å². The van der Waals surface area contributed by atoms with Crippen molar-refractivity contribution < 1.29 is 13.9 Å². The largest absolute Gasteiger partial charge is 0.412 e. The van der Waals surface area contributed by atoms with E-state index in [2.05, 4.69) is 122 Å². The summed E-state index contributed by atoms with van der Waals surface area (Å²) in [6.07, 6.45) is 21.2. The Bertz CT molecular complexity index is 772. The van der Waals surface area contributed by atoms with Gasteiger partial charge in [-0.1, -0.05) is 140 Å². The van der Waals surface area contributed by atoms with E-state index >= 15 is 0 Å². The molecule has 1 saturated heterocycles. The maximum absolute atomic E-state index is 6.98. The standard InChI is InChI=1S/C31H64O3Si2.3C4H10/c1-14-18-30(5,34-36(11,12)13)22-29(4,19-17-25-15-16-26-27(20-25)33-26)23-31(6,32-7)21-28(2,3)24-35(8,9)10;3*1-3-4-2/h25-27H,14-24H2,1-13H3;3*3-4H2,1-2H3. The topological polar surface area (TPSA) is 31.0 Å². The van der Waals surface area contributed by atoms with Crippen molar-refractivity contribution in [1.29, 1.82) is 0 Å². The van der Waals surface area contributed by atoms with Crippen LogP contribution < -0.4 is 0 Å². The van der Waals surface area contributed by atoms with Crippen LogP contribution in [0, 0.1) is 16.7 Å². The first-order valence-electron chi connectivity index (χ1n) is 20.9. The zero-order valence-electron chi connectivity index (χ0n) is 37.0. The normalized spacial score (nSPS) is 22.9. The summed E-state index contributed by atoms with van der Waals surface area (Å²) in [4.78, 5) is 0. The van der Waals surface area contributed by atoms with Gasteiger partial charge in [0, 0.05) is 15.2 Å². The molecule has 0 radical (unpaired) electrons. The van der Waals surface area contributed by atoms with Gasteiger partial charge >= 0.3 is 0 Å². The fraction of sp³-hybridized carbons (Fsp3) is 1.00. The van der Waals surface area contributed by atoms with Crippen molar-refractivity contribution in [2.45, 2.75) is 255 Å². The maximum atomic E-state index is 6.98. The average molecular weight is 715 g/mol. The van der Waals surface area contributed by atoms with Gasteiger partial charge in [-0.15, -0.1) is 0 Å². The molecule has 0 aromatic heterocycles. The number of methoxy groups -OCH3 is 1. The summed E-state index contributed by atoms with van der Waals surface area (Å²) in [5.41, 5.74) is 0.291. The number of ether oxygens (including phenoxy) is 2. The highest BCUT2D eigenvalue weighted by atomic mass is 28.4. The number of hydrogen-bond acceptors (Lipinski definition) is 3. The smallest absolute Gasteiger partial charge is 0.184 e. The minimum Gasteiger partial charge on any atom is -0.412 e.